The average molecular weight is 186 g/mol. The van der Waals surface area contributed by atoms with Gasteiger partial charge in [0.1, 0.15) is 17.1 Å². The normalized spacial score (nSPS) is 9.46. The molecule has 2 rings (SSSR count). The van der Waals surface area contributed by atoms with Gasteiger partial charge in [-0.05, 0) is 12.1 Å². The molecule has 13 heavy (non-hydrogen) atoms. The Morgan fingerprint density at radius 1 is 1.46 bits per heavy atom. The van der Waals surface area contributed by atoms with Crippen LogP contribution in [0.5, 0.6) is 0 Å². The molecule has 0 fully saturated rings. The Bertz CT molecular complexity index is 441. The van der Waals surface area contributed by atoms with Crippen LogP contribution in [0.2, 0.25) is 0 Å². The molecule has 0 saturated heterocycles. The third kappa shape index (κ3) is 1.55. The van der Waals surface area contributed by atoms with Crippen LogP contribution >= 0.6 is 11.3 Å². The molecule has 0 amide bonds. The van der Waals surface area contributed by atoms with E-state index < -0.39 is 0 Å². The standard InChI is InChI=1S/C9H4N3S/c10-5-7-1-2-9(13-7)8-6-11-3-4-12-8/h1-2,4,6H. The van der Waals surface area contributed by atoms with E-state index in [0.29, 0.717) is 4.88 Å². The zero-order valence-corrected chi connectivity index (χ0v) is 7.38. The molecule has 2 heterocycles. The second-order valence-corrected chi connectivity index (χ2v) is 3.39. The van der Waals surface area contributed by atoms with E-state index in [9.17, 15) is 0 Å². The zero-order chi connectivity index (χ0) is 9.10. The fourth-order valence-electron chi connectivity index (χ4n) is 0.926. The summed E-state index contributed by atoms with van der Waals surface area (Å²) in [5.41, 5.74) is 0.783. The first-order valence-electron chi connectivity index (χ1n) is 3.58. The summed E-state index contributed by atoms with van der Waals surface area (Å²) in [6, 6.07) is 5.72. The number of aromatic nitrogens is 2. The van der Waals surface area contributed by atoms with Gasteiger partial charge >= 0.3 is 0 Å². The molecule has 2 aromatic heterocycles. The monoisotopic (exact) mass is 186 g/mol. The highest BCUT2D eigenvalue weighted by Gasteiger charge is 2.02. The smallest absolute Gasteiger partial charge is 0.110 e. The first-order valence-corrected chi connectivity index (χ1v) is 4.40. The average Bonchev–Trinajstić information content (AvgIpc) is 2.67. The molecular weight excluding hydrogens is 182 g/mol. The Kier molecular flexibility index (Phi) is 2.02. The fraction of sp³-hybridized carbons (Fsp3) is 0. The molecule has 3 nitrogen and oxygen atoms in total. The van der Waals surface area contributed by atoms with E-state index in [-0.39, 0.29) is 0 Å². The van der Waals surface area contributed by atoms with Crippen molar-refractivity contribution in [3.05, 3.63) is 35.6 Å². The van der Waals surface area contributed by atoms with Crippen LogP contribution in [0.15, 0.2) is 24.5 Å². The van der Waals surface area contributed by atoms with Gasteiger partial charge in [-0.2, -0.15) is 5.26 Å². The van der Waals surface area contributed by atoms with E-state index in [4.69, 9.17) is 5.26 Å². The number of rotatable bonds is 1. The van der Waals surface area contributed by atoms with Gasteiger partial charge in [-0.15, -0.1) is 11.3 Å². The Balaban J connectivity index is 2.43. The summed E-state index contributed by atoms with van der Waals surface area (Å²) in [6.45, 7) is 0. The summed E-state index contributed by atoms with van der Waals surface area (Å²) in [5.74, 6) is 0. The van der Waals surface area contributed by atoms with Gasteiger partial charge in [-0.1, -0.05) is 0 Å². The van der Waals surface area contributed by atoms with Crippen LogP contribution in [0, 0.1) is 17.5 Å². The Labute approximate surface area is 79.3 Å². The van der Waals surface area contributed by atoms with Crippen LogP contribution in [0.1, 0.15) is 4.88 Å². The van der Waals surface area contributed by atoms with Gasteiger partial charge < -0.3 is 0 Å². The summed E-state index contributed by atoms with van der Waals surface area (Å²) < 4.78 is 0. The Morgan fingerprint density at radius 2 is 2.38 bits per heavy atom. The lowest BCUT2D eigenvalue weighted by Gasteiger charge is -1.91. The minimum atomic E-state index is 0.685. The molecule has 4 heteroatoms. The van der Waals surface area contributed by atoms with Crippen molar-refractivity contribution >= 4 is 11.3 Å². The van der Waals surface area contributed by atoms with Crippen molar-refractivity contribution < 1.29 is 0 Å². The van der Waals surface area contributed by atoms with E-state index >= 15 is 0 Å². The van der Waals surface area contributed by atoms with Crippen molar-refractivity contribution in [3.63, 3.8) is 0 Å². The van der Waals surface area contributed by atoms with E-state index in [2.05, 4.69) is 22.2 Å². The van der Waals surface area contributed by atoms with Gasteiger partial charge in [0.2, 0.25) is 0 Å². The lowest BCUT2D eigenvalue weighted by Crippen LogP contribution is -1.79. The number of hydrogen-bond donors (Lipinski definition) is 0. The lowest BCUT2D eigenvalue weighted by atomic mass is 10.3. The summed E-state index contributed by atoms with van der Waals surface area (Å²) in [6.07, 6.45) is 5.75. The molecule has 0 aliphatic heterocycles. The molecule has 0 aromatic carbocycles. The summed E-state index contributed by atoms with van der Waals surface area (Å²) in [7, 11) is 0. The Hall–Kier alpha value is -1.73. The van der Waals surface area contributed by atoms with E-state index in [1.807, 2.05) is 6.07 Å². The molecule has 0 N–H and O–H groups in total. The molecule has 0 aliphatic carbocycles. The maximum Gasteiger partial charge on any atom is 0.110 e. The van der Waals surface area contributed by atoms with Gasteiger partial charge in [-0.3, -0.25) is 9.97 Å². The number of thiophene rings is 1. The van der Waals surface area contributed by atoms with Crippen molar-refractivity contribution in [2.45, 2.75) is 0 Å². The number of nitriles is 1. The van der Waals surface area contributed by atoms with Gasteiger partial charge in [0.05, 0.1) is 23.0 Å². The van der Waals surface area contributed by atoms with E-state index in [0.717, 1.165) is 10.6 Å². The second kappa shape index (κ2) is 3.33. The molecule has 0 unspecified atom stereocenters. The summed E-state index contributed by atoms with van der Waals surface area (Å²) in [5, 5.41) is 8.62. The molecular formula is C9H4N3S. The Morgan fingerprint density at radius 3 is 3.00 bits per heavy atom. The van der Waals surface area contributed by atoms with E-state index in [1.165, 1.54) is 17.5 Å². The van der Waals surface area contributed by atoms with Crippen LogP contribution < -0.4 is 0 Å². The number of nitrogens with zero attached hydrogens (tertiary/aromatic N) is 3. The van der Waals surface area contributed by atoms with Crippen molar-refractivity contribution in [1.29, 1.82) is 5.26 Å². The van der Waals surface area contributed by atoms with Crippen molar-refractivity contribution in [1.82, 2.24) is 9.97 Å². The van der Waals surface area contributed by atoms with Crippen LogP contribution in [-0.2, 0) is 0 Å². The molecule has 2 aromatic rings. The fourth-order valence-corrected chi connectivity index (χ4v) is 1.69. The lowest BCUT2D eigenvalue weighted by molar-refractivity contribution is 1.20. The van der Waals surface area contributed by atoms with Gasteiger partial charge in [0, 0.05) is 0 Å². The molecule has 1 radical (unpaired) electrons. The maximum atomic E-state index is 8.62. The molecule has 0 bridgehead atoms. The highest BCUT2D eigenvalue weighted by Crippen LogP contribution is 2.24. The highest BCUT2D eigenvalue weighted by molar-refractivity contribution is 7.15. The van der Waals surface area contributed by atoms with Gasteiger partial charge in [-0.25, -0.2) is 0 Å². The molecule has 0 atom stereocenters. The molecule has 0 saturated carbocycles. The predicted octanol–water partition coefficient (Wildman–Crippen LogP) is 1.88. The maximum absolute atomic E-state index is 8.62. The van der Waals surface area contributed by atoms with Gasteiger partial charge in [0.15, 0.2) is 0 Å². The van der Waals surface area contributed by atoms with Crippen LogP contribution in [0.3, 0.4) is 0 Å². The predicted molar refractivity (Wildman–Crippen MR) is 48.9 cm³/mol. The van der Waals surface area contributed by atoms with Crippen molar-refractivity contribution in [2.24, 2.45) is 0 Å². The third-order valence-corrected chi connectivity index (χ3v) is 2.50. The third-order valence-electron chi connectivity index (χ3n) is 1.49. The van der Waals surface area contributed by atoms with E-state index in [1.54, 1.807) is 12.3 Å². The topological polar surface area (TPSA) is 49.6 Å². The van der Waals surface area contributed by atoms with Crippen molar-refractivity contribution in [2.75, 3.05) is 0 Å². The highest BCUT2D eigenvalue weighted by atomic mass is 32.1. The first-order chi connectivity index (χ1) is 6.40. The molecule has 61 valence electrons. The summed E-state index contributed by atoms with van der Waals surface area (Å²) in [4.78, 5) is 9.55. The second-order valence-electron chi connectivity index (χ2n) is 2.31. The number of hydrogen-bond acceptors (Lipinski definition) is 4. The van der Waals surface area contributed by atoms with Crippen LogP contribution in [0.4, 0.5) is 0 Å². The molecule has 0 aliphatic rings. The van der Waals surface area contributed by atoms with Crippen LogP contribution in [0.25, 0.3) is 10.6 Å². The minimum Gasteiger partial charge on any atom is -0.251 e. The quantitative estimate of drug-likeness (QED) is 0.683. The minimum absolute atomic E-state index is 0.685. The van der Waals surface area contributed by atoms with Crippen molar-refractivity contribution in [3.8, 4) is 16.6 Å². The largest absolute Gasteiger partial charge is 0.251 e. The zero-order valence-electron chi connectivity index (χ0n) is 6.56. The van der Waals surface area contributed by atoms with Gasteiger partial charge in [0.25, 0.3) is 0 Å². The summed E-state index contributed by atoms with van der Waals surface area (Å²) >= 11 is 1.41. The van der Waals surface area contributed by atoms with Crippen LogP contribution in [-0.4, -0.2) is 9.97 Å². The molecule has 0 spiro atoms. The SMILES string of the molecule is N#Cc1ccc(-c2cn[c]cn2)s1. The first kappa shape index (κ1) is 7.90.